The highest BCUT2D eigenvalue weighted by Crippen LogP contribution is 2.31. The molecule has 156 valence electrons. The Kier molecular flexibility index (Phi) is 6.37. The van der Waals surface area contributed by atoms with Crippen LogP contribution in [0.4, 0.5) is 4.39 Å². The van der Waals surface area contributed by atoms with Crippen molar-refractivity contribution >= 4 is 27.5 Å². The minimum Gasteiger partial charge on any atom is -0.342 e. The van der Waals surface area contributed by atoms with E-state index in [1.165, 1.54) is 22.5 Å². The molecule has 0 N–H and O–H groups in total. The van der Waals surface area contributed by atoms with Crippen molar-refractivity contribution < 1.29 is 17.6 Å². The van der Waals surface area contributed by atoms with Crippen LogP contribution in [0.25, 0.3) is 0 Å². The Labute approximate surface area is 171 Å². The summed E-state index contributed by atoms with van der Waals surface area (Å²) in [5, 5.41) is 0.112. The molecule has 2 heterocycles. The van der Waals surface area contributed by atoms with Crippen LogP contribution < -0.4 is 0 Å². The molecule has 2 aliphatic heterocycles. The van der Waals surface area contributed by atoms with Crippen LogP contribution in [-0.4, -0.2) is 49.7 Å². The predicted octanol–water partition coefficient (Wildman–Crippen LogP) is 3.67. The number of carbonyl (C=O) groups excluding carboxylic acids is 1. The highest BCUT2D eigenvalue weighted by atomic mass is 35.5. The number of hydrogen-bond donors (Lipinski definition) is 0. The lowest BCUT2D eigenvalue weighted by molar-refractivity contribution is -0.139. The molecule has 0 radical (unpaired) electrons. The largest absolute Gasteiger partial charge is 0.342 e. The molecular weight excluding hydrogens is 403 g/mol. The number of piperidine rings is 2. The Balaban J connectivity index is 1.61. The number of rotatable bonds is 4. The third kappa shape index (κ3) is 4.86. The maximum Gasteiger partial charge on any atom is 0.225 e. The van der Waals surface area contributed by atoms with Gasteiger partial charge in [-0.1, -0.05) is 31.5 Å². The molecule has 2 aliphatic rings. The molecule has 0 spiro atoms. The van der Waals surface area contributed by atoms with E-state index in [0.29, 0.717) is 12.8 Å². The molecule has 0 saturated carbocycles. The summed E-state index contributed by atoms with van der Waals surface area (Å²) in [6.45, 7) is 6.46. The fourth-order valence-corrected chi connectivity index (χ4v) is 6.11. The summed E-state index contributed by atoms with van der Waals surface area (Å²) in [6.07, 6.45) is 3.13. The second kappa shape index (κ2) is 8.28. The van der Waals surface area contributed by atoms with E-state index in [1.807, 2.05) is 4.90 Å². The van der Waals surface area contributed by atoms with E-state index in [4.69, 9.17) is 11.6 Å². The van der Waals surface area contributed by atoms with E-state index in [2.05, 4.69) is 13.8 Å². The van der Waals surface area contributed by atoms with Gasteiger partial charge >= 0.3 is 0 Å². The molecule has 2 fully saturated rings. The molecule has 8 heteroatoms. The summed E-state index contributed by atoms with van der Waals surface area (Å²) < 4.78 is 40.8. The molecule has 0 bridgehead atoms. The summed E-state index contributed by atoms with van der Waals surface area (Å²) in [5.74, 6) is -1.08. The van der Waals surface area contributed by atoms with E-state index in [0.717, 1.165) is 25.9 Å². The Bertz CT molecular complexity index is 816. The van der Waals surface area contributed by atoms with Crippen LogP contribution in [0.1, 0.15) is 45.1 Å². The number of likely N-dealkylation sites (tertiary alicyclic amines) is 1. The van der Waals surface area contributed by atoms with E-state index in [1.54, 1.807) is 0 Å². The number of sulfonamides is 1. The van der Waals surface area contributed by atoms with E-state index in [-0.39, 0.29) is 40.9 Å². The monoisotopic (exact) mass is 430 g/mol. The van der Waals surface area contributed by atoms with Crippen LogP contribution >= 0.6 is 11.6 Å². The van der Waals surface area contributed by atoms with Crippen molar-refractivity contribution in [1.29, 1.82) is 0 Å². The first-order valence-corrected chi connectivity index (χ1v) is 11.8. The topological polar surface area (TPSA) is 57.7 Å². The molecule has 2 saturated heterocycles. The van der Waals surface area contributed by atoms with Crippen molar-refractivity contribution in [1.82, 2.24) is 9.21 Å². The number of hydrogen-bond acceptors (Lipinski definition) is 3. The minimum absolute atomic E-state index is 0.00193. The lowest BCUT2D eigenvalue weighted by atomic mass is 9.83. The molecule has 0 unspecified atom stereocenters. The Hall–Kier alpha value is -1.18. The van der Waals surface area contributed by atoms with Gasteiger partial charge in [-0.25, -0.2) is 17.1 Å². The Morgan fingerprint density at radius 3 is 2.54 bits per heavy atom. The first-order chi connectivity index (χ1) is 13.1. The highest BCUT2D eigenvalue weighted by Gasteiger charge is 2.36. The molecule has 1 amide bonds. The normalized spacial score (nSPS) is 21.6. The van der Waals surface area contributed by atoms with E-state index >= 15 is 0 Å². The van der Waals surface area contributed by atoms with Crippen molar-refractivity contribution in [3.05, 3.63) is 34.6 Å². The van der Waals surface area contributed by atoms with Gasteiger partial charge in [0.1, 0.15) is 5.82 Å². The zero-order valence-corrected chi connectivity index (χ0v) is 18.0. The fraction of sp³-hybridized carbons (Fsp3) is 0.650. The smallest absolute Gasteiger partial charge is 0.225 e. The van der Waals surface area contributed by atoms with Crippen molar-refractivity contribution in [2.45, 2.75) is 45.3 Å². The number of nitrogens with zero attached hydrogens (tertiary/aromatic N) is 2. The SMILES string of the molecule is CC1(C)CCCN(C(=O)C2CCN(S(=O)(=O)Cc3c(F)cccc3Cl)CC2)C1. The van der Waals surface area contributed by atoms with Crippen molar-refractivity contribution in [2.75, 3.05) is 26.2 Å². The third-order valence-corrected chi connectivity index (χ3v) is 7.96. The molecule has 5 nitrogen and oxygen atoms in total. The second-order valence-electron chi connectivity index (χ2n) is 8.66. The summed E-state index contributed by atoms with van der Waals surface area (Å²) in [5.41, 5.74) is 0.134. The first-order valence-electron chi connectivity index (χ1n) is 9.79. The van der Waals surface area contributed by atoms with Gasteiger partial charge in [0.05, 0.1) is 5.75 Å². The number of benzene rings is 1. The van der Waals surface area contributed by atoms with Gasteiger partial charge in [-0.3, -0.25) is 4.79 Å². The first kappa shape index (κ1) is 21.5. The molecule has 0 atom stereocenters. The quantitative estimate of drug-likeness (QED) is 0.732. The summed E-state index contributed by atoms with van der Waals surface area (Å²) >= 11 is 5.98. The maximum atomic E-state index is 14.0. The average Bonchev–Trinajstić information content (AvgIpc) is 2.63. The van der Waals surface area contributed by atoms with Crippen molar-refractivity contribution in [3.63, 3.8) is 0 Å². The Morgan fingerprint density at radius 1 is 1.25 bits per heavy atom. The van der Waals surface area contributed by atoms with Gasteiger partial charge in [0.2, 0.25) is 15.9 Å². The molecule has 1 aromatic rings. The fourth-order valence-electron chi connectivity index (χ4n) is 4.19. The average molecular weight is 431 g/mol. The summed E-state index contributed by atoms with van der Waals surface area (Å²) in [7, 11) is -3.69. The zero-order valence-electron chi connectivity index (χ0n) is 16.5. The van der Waals surface area contributed by atoms with E-state index < -0.39 is 21.6 Å². The molecule has 3 rings (SSSR count). The molecular formula is C20H28ClFN2O3S. The summed E-state index contributed by atoms with van der Waals surface area (Å²) in [6, 6.07) is 4.15. The number of halogens is 2. The van der Waals surface area contributed by atoms with Crippen LogP contribution in [0.3, 0.4) is 0 Å². The van der Waals surface area contributed by atoms with Crippen LogP contribution in [0.15, 0.2) is 18.2 Å². The molecule has 0 aromatic heterocycles. The zero-order chi connectivity index (χ0) is 20.5. The van der Waals surface area contributed by atoms with Crippen LogP contribution in [0.2, 0.25) is 5.02 Å². The molecule has 1 aromatic carbocycles. The number of amides is 1. The van der Waals surface area contributed by atoms with Gasteiger partial charge in [-0.2, -0.15) is 0 Å². The van der Waals surface area contributed by atoms with Crippen LogP contribution in [0.5, 0.6) is 0 Å². The second-order valence-corrected chi connectivity index (χ2v) is 11.0. The standard InChI is InChI=1S/C20H28ClFN2O3S/c1-20(2)9-4-10-23(14-20)19(25)15-7-11-24(12-8-15)28(26,27)13-16-17(21)5-3-6-18(16)22/h3,5-6,15H,4,7-14H2,1-2H3. The minimum atomic E-state index is -3.69. The predicted molar refractivity (Wildman–Crippen MR) is 108 cm³/mol. The van der Waals surface area contributed by atoms with Crippen molar-refractivity contribution in [3.8, 4) is 0 Å². The van der Waals surface area contributed by atoms with Gasteiger partial charge in [-0.15, -0.1) is 0 Å². The van der Waals surface area contributed by atoms with Gasteiger partial charge in [-0.05, 0) is 43.2 Å². The van der Waals surface area contributed by atoms with Crippen LogP contribution in [-0.2, 0) is 20.6 Å². The van der Waals surface area contributed by atoms with Gasteiger partial charge < -0.3 is 4.90 Å². The van der Waals surface area contributed by atoms with E-state index in [9.17, 15) is 17.6 Å². The lowest BCUT2D eigenvalue weighted by Crippen LogP contribution is -2.49. The van der Waals surface area contributed by atoms with Gasteiger partial charge in [0.25, 0.3) is 0 Å². The lowest BCUT2D eigenvalue weighted by Gasteiger charge is -2.40. The molecule has 28 heavy (non-hydrogen) atoms. The third-order valence-electron chi connectivity index (χ3n) is 5.80. The highest BCUT2D eigenvalue weighted by molar-refractivity contribution is 7.88. The van der Waals surface area contributed by atoms with Gasteiger partial charge in [0.15, 0.2) is 0 Å². The van der Waals surface area contributed by atoms with Crippen molar-refractivity contribution in [2.24, 2.45) is 11.3 Å². The number of carbonyl (C=O) groups is 1. The molecule has 0 aliphatic carbocycles. The van der Waals surface area contributed by atoms with Crippen LogP contribution in [0, 0.1) is 17.2 Å². The maximum absolute atomic E-state index is 14.0. The Morgan fingerprint density at radius 2 is 1.93 bits per heavy atom. The van der Waals surface area contributed by atoms with Gasteiger partial charge in [0, 0.05) is 42.7 Å². The summed E-state index contributed by atoms with van der Waals surface area (Å²) in [4.78, 5) is 14.8.